The van der Waals surface area contributed by atoms with Gasteiger partial charge in [0.2, 0.25) is 10.9 Å². The zero-order valence-electron chi connectivity index (χ0n) is 18.0. The zero-order chi connectivity index (χ0) is 25.3. The number of alkyl halides is 3. The summed E-state index contributed by atoms with van der Waals surface area (Å²) in [4.78, 5) is 17.7. The summed E-state index contributed by atoms with van der Waals surface area (Å²) < 4.78 is 42.2. The van der Waals surface area contributed by atoms with Crippen molar-refractivity contribution in [1.82, 2.24) is 24.8 Å². The second-order valence-electron chi connectivity index (χ2n) is 7.40. The van der Waals surface area contributed by atoms with Crippen molar-refractivity contribution < 1.29 is 18.0 Å². The third kappa shape index (κ3) is 5.53. The highest BCUT2D eigenvalue weighted by Crippen LogP contribution is 2.35. The Kier molecular flexibility index (Phi) is 6.97. The molecule has 0 aliphatic rings. The summed E-state index contributed by atoms with van der Waals surface area (Å²) >= 11 is 9.57. The molecule has 36 heavy (non-hydrogen) atoms. The summed E-state index contributed by atoms with van der Waals surface area (Å²) in [6.45, 7) is 0. The molecule has 0 bridgehead atoms. The van der Waals surface area contributed by atoms with Gasteiger partial charge in [0, 0.05) is 28.1 Å². The summed E-state index contributed by atoms with van der Waals surface area (Å²) in [7, 11) is 0. The van der Waals surface area contributed by atoms with Gasteiger partial charge in [0.05, 0.1) is 11.3 Å². The summed E-state index contributed by atoms with van der Waals surface area (Å²) in [6.07, 6.45) is -3.05. The van der Waals surface area contributed by atoms with Crippen LogP contribution >= 0.6 is 46.0 Å². The van der Waals surface area contributed by atoms with Gasteiger partial charge in [-0.05, 0) is 23.8 Å². The Morgan fingerprint density at radius 1 is 1.11 bits per heavy atom. The average molecular weight is 567 g/mol. The Morgan fingerprint density at radius 2 is 1.92 bits per heavy atom. The van der Waals surface area contributed by atoms with Crippen LogP contribution in [0.25, 0.3) is 16.3 Å². The van der Waals surface area contributed by atoms with E-state index in [1.54, 1.807) is 4.52 Å². The number of carbonyl (C=O) groups is 1. The van der Waals surface area contributed by atoms with Crippen molar-refractivity contribution in [2.45, 2.75) is 16.9 Å². The first-order chi connectivity index (χ1) is 17.3. The lowest BCUT2D eigenvalue weighted by atomic mass is 10.0. The summed E-state index contributed by atoms with van der Waals surface area (Å²) in [5.74, 6) is 0.377. The van der Waals surface area contributed by atoms with Gasteiger partial charge < -0.3 is 5.32 Å². The molecule has 0 saturated carbocycles. The number of benzene rings is 2. The lowest BCUT2D eigenvalue weighted by molar-refractivity contribution is -0.138. The molecule has 1 N–H and O–H groups in total. The monoisotopic (exact) mass is 566 g/mol. The molecular weight excluding hydrogens is 553 g/mol. The van der Waals surface area contributed by atoms with Crippen molar-refractivity contribution in [3.8, 4) is 11.4 Å². The molecule has 0 radical (unpaired) electrons. The van der Waals surface area contributed by atoms with Crippen LogP contribution in [0.5, 0.6) is 0 Å². The molecule has 0 atom stereocenters. The van der Waals surface area contributed by atoms with Crippen molar-refractivity contribution in [1.29, 1.82) is 0 Å². The number of nitrogens with one attached hydrogen (secondary N) is 1. The van der Waals surface area contributed by atoms with Crippen LogP contribution in [0, 0.1) is 0 Å². The normalized spacial score (nSPS) is 11.8. The van der Waals surface area contributed by atoms with Gasteiger partial charge in [-0.3, -0.25) is 4.79 Å². The summed E-state index contributed by atoms with van der Waals surface area (Å²) in [5.41, 5.74) is 0.178. The van der Waals surface area contributed by atoms with Gasteiger partial charge in [0.1, 0.15) is 0 Å². The minimum atomic E-state index is -4.49. The van der Waals surface area contributed by atoms with Crippen LogP contribution in [0.3, 0.4) is 0 Å². The van der Waals surface area contributed by atoms with Gasteiger partial charge in [-0.25, -0.2) is 4.98 Å². The van der Waals surface area contributed by atoms with Crippen molar-refractivity contribution in [3.05, 3.63) is 75.8 Å². The second-order valence-corrected chi connectivity index (χ2v) is 11.1. The van der Waals surface area contributed by atoms with E-state index in [0.717, 1.165) is 23.0 Å². The van der Waals surface area contributed by atoms with Crippen LogP contribution in [0.15, 0.2) is 59.1 Å². The van der Waals surface area contributed by atoms with Gasteiger partial charge in [-0.1, -0.05) is 65.0 Å². The Morgan fingerprint density at radius 3 is 2.69 bits per heavy atom. The van der Waals surface area contributed by atoms with E-state index in [2.05, 4.69) is 25.6 Å². The maximum absolute atomic E-state index is 13.3. The highest BCUT2D eigenvalue weighted by atomic mass is 35.5. The largest absolute Gasteiger partial charge is 0.416 e. The fourth-order valence-electron chi connectivity index (χ4n) is 3.33. The number of fused-ring (bicyclic) bond motifs is 1. The number of anilines is 1. The minimum Gasteiger partial charge on any atom is -0.301 e. The Balaban J connectivity index is 1.21. The molecule has 0 aliphatic carbocycles. The minimum absolute atomic E-state index is 0.00557. The zero-order valence-corrected chi connectivity index (χ0v) is 21.2. The SMILES string of the molecule is O=C(CSc1nn2c(-c3ccccc3)nnc2s1)Nc1ncc(Cc2cc(Cl)ccc2C(F)(F)F)s1. The number of rotatable bonds is 7. The first-order valence-electron chi connectivity index (χ1n) is 10.3. The van der Waals surface area contributed by atoms with Crippen LogP contribution in [0.1, 0.15) is 16.0 Å². The predicted molar refractivity (Wildman–Crippen MR) is 135 cm³/mol. The van der Waals surface area contributed by atoms with Gasteiger partial charge in [0.25, 0.3) is 0 Å². The standard InChI is InChI=1S/C22H14ClF3N6OS3/c23-14-6-7-16(22(24,25)26)13(8-14)9-15-10-27-19(35-15)28-17(33)11-34-21-31-32-18(29-30-20(32)36-21)12-4-2-1-3-5-12/h1-8,10H,9,11H2,(H,27,28,33). The van der Waals surface area contributed by atoms with Crippen molar-refractivity contribution in [3.63, 3.8) is 0 Å². The molecule has 0 saturated heterocycles. The predicted octanol–water partition coefficient (Wildman–Crippen LogP) is 6.30. The Labute approximate surface area is 219 Å². The van der Waals surface area contributed by atoms with Crippen molar-refractivity contribution >= 4 is 62.0 Å². The number of halogens is 4. The molecule has 1 amide bonds. The number of amides is 1. The highest BCUT2D eigenvalue weighted by Gasteiger charge is 2.33. The second kappa shape index (κ2) is 10.2. The van der Waals surface area contributed by atoms with E-state index in [1.165, 1.54) is 41.4 Å². The van der Waals surface area contributed by atoms with Crippen molar-refractivity contribution in [2.24, 2.45) is 0 Å². The number of hydrogen-bond donors (Lipinski definition) is 1. The third-order valence-electron chi connectivity index (χ3n) is 4.87. The fourth-order valence-corrected chi connectivity index (χ4v) is 6.05. The number of aromatic nitrogens is 5. The number of carbonyl (C=O) groups excluding carboxylic acids is 1. The lowest BCUT2D eigenvalue weighted by Crippen LogP contribution is -2.13. The number of thiazole rings is 1. The van der Waals surface area contributed by atoms with Crippen molar-refractivity contribution in [2.75, 3.05) is 11.1 Å². The van der Waals surface area contributed by atoms with E-state index >= 15 is 0 Å². The molecule has 3 aromatic heterocycles. The molecule has 14 heteroatoms. The van der Waals surface area contributed by atoms with Gasteiger partial charge in [-0.15, -0.1) is 26.6 Å². The number of hydrogen-bond acceptors (Lipinski definition) is 8. The smallest absolute Gasteiger partial charge is 0.301 e. The van der Waals surface area contributed by atoms with E-state index < -0.39 is 11.7 Å². The molecule has 7 nitrogen and oxygen atoms in total. The molecule has 0 fully saturated rings. The molecule has 0 spiro atoms. The molecular formula is C22H14ClF3N6OS3. The van der Waals surface area contributed by atoms with E-state index in [-0.39, 0.29) is 28.7 Å². The maximum atomic E-state index is 13.3. The summed E-state index contributed by atoms with van der Waals surface area (Å²) in [5, 5.41) is 16.0. The molecule has 0 unspecified atom stereocenters. The topological polar surface area (TPSA) is 85.1 Å². The summed E-state index contributed by atoms with van der Waals surface area (Å²) in [6, 6.07) is 13.0. The van der Waals surface area contributed by atoms with Crippen LogP contribution in [0.4, 0.5) is 18.3 Å². The third-order valence-corrected chi connectivity index (χ3v) is 8.05. The van der Waals surface area contributed by atoms with Gasteiger partial charge in [0.15, 0.2) is 15.3 Å². The lowest BCUT2D eigenvalue weighted by Gasteiger charge is -2.12. The van der Waals surface area contributed by atoms with Crippen LogP contribution in [0.2, 0.25) is 5.02 Å². The molecule has 184 valence electrons. The van der Waals surface area contributed by atoms with Gasteiger partial charge in [-0.2, -0.15) is 17.7 Å². The number of thioether (sulfide) groups is 1. The molecule has 5 aromatic rings. The Hall–Kier alpha value is -3.00. The van der Waals surface area contributed by atoms with Gasteiger partial charge >= 0.3 is 6.18 Å². The molecule has 0 aliphatic heterocycles. The quantitative estimate of drug-likeness (QED) is 0.233. The van der Waals surface area contributed by atoms with E-state index in [0.29, 0.717) is 25.1 Å². The molecule has 5 rings (SSSR count). The van der Waals surface area contributed by atoms with Crippen LogP contribution in [-0.2, 0) is 17.4 Å². The fraction of sp³-hybridized carbons (Fsp3) is 0.136. The molecule has 3 heterocycles. The highest BCUT2D eigenvalue weighted by molar-refractivity contribution is 8.01. The van der Waals surface area contributed by atoms with Crippen LogP contribution < -0.4 is 5.32 Å². The first-order valence-corrected chi connectivity index (χ1v) is 13.3. The molecule has 2 aromatic carbocycles. The average Bonchev–Trinajstić information content (AvgIpc) is 3.54. The Bertz CT molecular complexity index is 1530. The number of nitrogens with zero attached hydrogens (tertiary/aromatic N) is 5. The van der Waals surface area contributed by atoms with E-state index in [4.69, 9.17) is 11.6 Å². The van der Waals surface area contributed by atoms with E-state index in [9.17, 15) is 18.0 Å². The van der Waals surface area contributed by atoms with E-state index in [1.807, 2.05) is 30.3 Å². The first kappa shape index (κ1) is 24.7. The van der Waals surface area contributed by atoms with Crippen LogP contribution in [-0.4, -0.2) is 36.5 Å². The maximum Gasteiger partial charge on any atom is 0.416 e.